The Kier molecular flexibility index (Phi) is 5.83. The van der Waals surface area contributed by atoms with Crippen LogP contribution in [0.15, 0.2) is 36.4 Å². The Labute approximate surface area is 145 Å². The van der Waals surface area contributed by atoms with Crippen LogP contribution in [0.3, 0.4) is 0 Å². The van der Waals surface area contributed by atoms with Crippen molar-refractivity contribution < 1.29 is 9.53 Å². The summed E-state index contributed by atoms with van der Waals surface area (Å²) in [5, 5.41) is 2.92. The number of rotatable bonds is 5. The van der Waals surface area contributed by atoms with Gasteiger partial charge >= 0.3 is 0 Å². The Morgan fingerprint density at radius 1 is 1.09 bits per heavy atom. The fourth-order valence-electron chi connectivity index (χ4n) is 2.26. The number of anilines is 1. The molecule has 0 aliphatic rings. The van der Waals surface area contributed by atoms with Gasteiger partial charge in [0.1, 0.15) is 5.75 Å². The molecule has 0 atom stereocenters. The lowest BCUT2D eigenvalue weighted by Crippen LogP contribution is -2.16. The van der Waals surface area contributed by atoms with Crippen LogP contribution >= 0.6 is 22.6 Å². The minimum Gasteiger partial charge on any atom is -0.493 e. The number of carbonyl (C=O) groups is 1. The molecule has 0 aliphatic carbocycles. The first kappa shape index (κ1) is 16.8. The second-order valence-electron chi connectivity index (χ2n) is 5.43. The van der Waals surface area contributed by atoms with Crippen LogP contribution in [0.5, 0.6) is 5.75 Å². The van der Waals surface area contributed by atoms with Gasteiger partial charge in [-0.25, -0.2) is 0 Å². The van der Waals surface area contributed by atoms with Gasteiger partial charge in [-0.05, 0) is 90.4 Å². The maximum absolute atomic E-state index is 12.0. The number of carbonyl (C=O) groups excluding carboxylic acids is 1. The number of amides is 1. The highest BCUT2D eigenvalue weighted by molar-refractivity contribution is 14.1. The molecule has 1 N–H and O–H groups in total. The largest absolute Gasteiger partial charge is 0.493 e. The van der Waals surface area contributed by atoms with Crippen molar-refractivity contribution in [2.75, 3.05) is 11.9 Å². The van der Waals surface area contributed by atoms with Gasteiger partial charge in [0.2, 0.25) is 5.91 Å². The molecular formula is C18H20INO2. The highest BCUT2D eigenvalue weighted by atomic mass is 127. The van der Waals surface area contributed by atoms with Gasteiger partial charge in [-0.15, -0.1) is 0 Å². The molecule has 2 aromatic carbocycles. The second kappa shape index (κ2) is 7.63. The van der Waals surface area contributed by atoms with Crippen LogP contribution in [0.4, 0.5) is 5.69 Å². The summed E-state index contributed by atoms with van der Waals surface area (Å²) in [6.45, 7) is 6.43. The summed E-state index contributed by atoms with van der Waals surface area (Å²) < 4.78 is 6.82. The first-order chi connectivity index (χ1) is 10.4. The zero-order valence-corrected chi connectivity index (χ0v) is 15.2. The Bertz CT molecular complexity index is 663. The van der Waals surface area contributed by atoms with Crippen molar-refractivity contribution in [3.8, 4) is 5.75 Å². The number of benzene rings is 2. The summed E-state index contributed by atoms with van der Waals surface area (Å²) in [5.41, 5.74) is 4.25. The van der Waals surface area contributed by atoms with Crippen LogP contribution in [-0.2, 0) is 4.79 Å². The summed E-state index contributed by atoms with van der Waals surface area (Å²) >= 11 is 2.26. The minimum absolute atomic E-state index is 0.0336. The first-order valence-corrected chi connectivity index (χ1v) is 8.29. The number of aryl methyl sites for hydroxylation is 3. The Balaban J connectivity index is 1.85. The van der Waals surface area contributed by atoms with Gasteiger partial charge in [0.15, 0.2) is 0 Å². The van der Waals surface area contributed by atoms with Gasteiger partial charge in [-0.1, -0.05) is 6.07 Å². The van der Waals surface area contributed by atoms with Crippen LogP contribution in [0.1, 0.15) is 23.1 Å². The van der Waals surface area contributed by atoms with E-state index in [1.165, 1.54) is 0 Å². The van der Waals surface area contributed by atoms with E-state index in [2.05, 4.69) is 34.0 Å². The van der Waals surface area contributed by atoms with Crippen LogP contribution in [0, 0.1) is 24.3 Å². The third-order valence-corrected chi connectivity index (χ3v) is 3.93. The molecule has 0 saturated heterocycles. The minimum atomic E-state index is -0.0336. The van der Waals surface area contributed by atoms with Gasteiger partial charge < -0.3 is 10.1 Å². The van der Waals surface area contributed by atoms with E-state index in [9.17, 15) is 4.79 Å². The third-order valence-electron chi connectivity index (χ3n) is 3.26. The summed E-state index contributed by atoms with van der Waals surface area (Å²) in [6.07, 6.45) is 0.332. The van der Waals surface area contributed by atoms with E-state index in [-0.39, 0.29) is 5.91 Å². The number of halogens is 1. The van der Waals surface area contributed by atoms with E-state index >= 15 is 0 Å². The molecule has 2 aromatic rings. The van der Waals surface area contributed by atoms with E-state index in [0.717, 1.165) is 31.7 Å². The highest BCUT2D eigenvalue weighted by Crippen LogP contribution is 2.18. The number of nitrogens with one attached hydrogen (secondary N) is 1. The summed E-state index contributed by atoms with van der Waals surface area (Å²) in [4.78, 5) is 12.0. The van der Waals surface area contributed by atoms with Gasteiger partial charge in [-0.2, -0.15) is 0 Å². The van der Waals surface area contributed by atoms with Crippen LogP contribution in [0.25, 0.3) is 0 Å². The number of hydrogen-bond donors (Lipinski definition) is 1. The molecule has 0 bridgehead atoms. The Morgan fingerprint density at radius 2 is 1.77 bits per heavy atom. The maximum Gasteiger partial charge on any atom is 0.227 e. The smallest absolute Gasteiger partial charge is 0.227 e. The highest BCUT2D eigenvalue weighted by Gasteiger charge is 2.06. The molecule has 0 heterocycles. The molecule has 2 rings (SSSR count). The topological polar surface area (TPSA) is 38.3 Å². The average Bonchev–Trinajstić information content (AvgIpc) is 2.41. The van der Waals surface area contributed by atoms with Crippen molar-refractivity contribution in [2.45, 2.75) is 27.2 Å². The van der Waals surface area contributed by atoms with E-state index in [1.807, 2.05) is 51.1 Å². The molecule has 0 radical (unpaired) electrons. The standard InChI is InChI=1S/C18H20INO2/c1-12-8-13(2)10-16(9-12)22-7-6-18(21)20-17-5-4-15(19)11-14(17)3/h4-5,8-11H,6-7H2,1-3H3,(H,20,21). The lowest BCUT2D eigenvalue weighted by Gasteiger charge is -2.10. The molecular weight excluding hydrogens is 389 g/mol. The first-order valence-electron chi connectivity index (χ1n) is 7.21. The SMILES string of the molecule is Cc1cc(C)cc(OCCC(=O)Nc2ccc(I)cc2C)c1. The van der Waals surface area contributed by atoms with E-state index in [4.69, 9.17) is 4.74 Å². The van der Waals surface area contributed by atoms with E-state index in [0.29, 0.717) is 13.0 Å². The molecule has 0 unspecified atom stereocenters. The predicted octanol–water partition coefficient (Wildman–Crippen LogP) is 4.62. The molecule has 4 heteroatoms. The van der Waals surface area contributed by atoms with Crippen molar-refractivity contribution in [2.24, 2.45) is 0 Å². The molecule has 1 amide bonds. The van der Waals surface area contributed by atoms with Crippen molar-refractivity contribution in [3.05, 3.63) is 56.7 Å². The average molecular weight is 409 g/mol. The normalized spacial score (nSPS) is 10.4. The van der Waals surface area contributed by atoms with Gasteiger partial charge in [0.05, 0.1) is 13.0 Å². The molecule has 0 saturated carbocycles. The van der Waals surface area contributed by atoms with Crippen molar-refractivity contribution in [3.63, 3.8) is 0 Å². The number of hydrogen-bond acceptors (Lipinski definition) is 2. The third kappa shape index (κ3) is 5.02. The van der Waals surface area contributed by atoms with Gasteiger partial charge in [-0.3, -0.25) is 4.79 Å². The monoisotopic (exact) mass is 409 g/mol. The molecule has 116 valence electrons. The molecule has 0 fully saturated rings. The zero-order valence-electron chi connectivity index (χ0n) is 13.1. The molecule has 3 nitrogen and oxygen atoms in total. The summed E-state index contributed by atoms with van der Waals surface area (Å²) in [7, 11) is 0. The lowest BCUT2D eigenvalue weighted by atomic mass is 10.1. The molecule has 0 aliphatic heterocycles. The second-order valence-corrected chi connectivity index (χ2v) is 6.67. The Morgan fingerprint density at radius 3 is 2.41 bits per heavy atom. The fraction of sp³-hybridized carbons (Fsp3) is 0.278. The van der Waals surface area contributed by atoms with Crippen molar-refractivity contribution in [1.82, 2.24) is 0 Å². The van der Waals surface area contributed by atoms with Crippen LogP contribution in [-0.4, -0.2) is 12.5 Å². The maximum atomic E-state index is 12.0. The number of ether oxygens (including phenoxy) is 1. The van der Waals surface area contributed by atoms with Gasteiger partial charge in [0, 0.05) is 9.26 Å². The van der Waals surface area contributed by atoms with E-state index < -0.39 is 0 Å². The summed E-state index contributed by atoms with van der Waals surface area (Å²) in [5.74, 6) is 0.782. The van der Waals surface area contributed by atoms with E-state index in [1.54, 1.807) is 0 Å². The molecule has 0 aromatic heterocycles. The molecule has 0 spiro atoms. The predicted molar refractivity (Wildman–Crippen MR) is 98.6 cm³/mol. The fourth-order valence-corrected chi connectivity index (χ4v) is 2.90. The van der Waals surface area contributed by atoms with Gasteiger partial charge in [0.25, 0.3) is 0 Å². The summed E-state index contributed by atoms with van der Waals surface area (Å²) in [6, 6.07) is 12.0. The molecule has 22 heavy (non-hydrogen) atoms. The zero-order chi connectivity index (χ0) is 16.1. The van der Waals surface area contributed by atoms with Crippen LogP contribution < -0.4 is 10.1 Å². The van der Waals surface area contributed by atoms with Crippen molar-refractivity contribution >= 4 is 34.2 Å². The quantitative estimate of drug-likeness (QED) is 0.732. The van der Waals surface area contributed by atoms with Crippen LogP contribution in [0.2, 0.25) is 0 Å². The Hall–Kier alpha value is -1.56. The van der Waals surface area contributed by atoms with Crippen molar-refractivity contribution in [1.29, 1.82) is 0 Å². The lowest BCUT2D eigenvalue weighted by molar-refractivity contribution is -0.116.